The van der Waals surface area contributed by atoms with Crippen LogP contribution in [0.25, 0.3) is 0 Å². The SMILES string of the molecule is Cc1cc(C)nc(NC(=NCCc2cnc[nH]2)NC(=S)Nc2ccccc2C)n1. The van der Waals surface area contributed by atoms with Gasteiger partial charge in [-0.3, -0.25) is 10.3 Å². The summed E-state index contributed by atoms with van der Waals surface area (Å²) in [5.74, 6) is 0.939. The van der Waals surface area contributed by atoms with Crippen molar-refractivity contribution in [1.29, 1.82) is 0 Å². The van der Waals surface area contributed by atoms with Crippen LogP contribution in [-0.4, -0.2) is 37.6 Å². The van der Waals surface area contributed by atoms with Gasteiger partial charge in [0.05, 0.1) is 6.33 Å². The van der Waals surface area contributed by atoms with Gasteiger partial charge in [-0.15, -0.1) is 0 Å². The van der Waals surface area contributed by atoms with Crippen molar-refractivity contribution in [3.8, 4) is 0 Å². The Labute approximate surface area is 175 Å². The van der Waals surface area contributed by atoms with E-state index < -0.39 is 0 Å². The number of nitrogens with zero attached hydrogens (tertiary/aromatic N) is 4. The minimum atomic E-state index is 0.427. The van der Waals surface area contributed by atoms with E-state index in [9.17, 15) is 0 Å². The van der Waals surface area contributed by atoms with Crippen LogP contribution < -0.4 is 16.0 Å². The zero-order valence-corrected chi connectivity index (χ0v) is 17.5. The third-order valence-electron chi connectivity index (χ3n) is 4.04. The van der Waals surface area contributed by atoms with Gasteiger partial charge in [0.25, 0.3) is 0 Å². The molecule has 0 spiro atoms. The lowest BCUT2D eigenvalue weighted by Crippen LogP contribution is -2.39. The van der Waals surface area contributed by atoms with Crippen molar-refractivity contribution >= 4 is 34.9 Å². The second-order valence-corrected chi connectivity index (χ2v) is 6.96. The number of aryl methyl sites for hydroxylation is 3. The standard InChI is InChI=1S/C20H24N8S/c1-13-6-4-5-7-17(13)26-20(29)28-18(22-9-8-16-11-21-12-23-16)27-19-24-14(2)10-15(3)25-19/h4-7,10-12H,8-9H2,1-3H3,(H,21,23)(H3,22,24,25,26,27,28,29). The van der Waals surface area contributed by atoms with Crippen LogP contribution in [-0.2, 0) is 6.42 Å². The van der Waals surface area contributed by atoms with E-state index in [0.29, 0.717) is 23.6 Å². The number of guanidine groups is 1. The highest BCUT2D eigenvalue weighted by atomic mass is 32.1. The van der Waals surface area contributed by atoms with E-state index in [-0.39, 0.29) is 0 Å². The van der Waals surface area contributed by atoms with Gasteiger partial charge in [0.2, 0.25) is 11.9 Å². The smallest absolute Gasteiger partial charge is 0.229 e. The highest BCUT2D eigenvalue weighted by molar-refractivity contribution is 7.80. The summed E-state index contributed by atoms with van der Waals surface area (Å²) in [6.07, 6.45) is 4.16. The topological polar surface area (TPSA) is 103 Å². The molecule has 0 atom stereocenters. The number of aromatic amines is 1. The number of aromatic nitrogens is 4. The molecule has 0 aliphatic rings. The molecular weight excluding hydrogens is 384 g/mol. The molecular formula is C20H24N8S. The van der Waals surface area contributed by atoms with Crippen LogP contribution in [0.5, 0.6) is 0 Å². The molecule has 0 saturated heterocycles. The van der Waals surface area contributed by atoms with E-state index in [1.54, 1.807) is 12.5 Å². The zero-order valence-electron chi connectivity index (χ0n) is 16.7. The maximum Gasteiger partial charge on any atom is 0.229 e. The van der Waals surface area contributed by atoms with Crippen LogP contribution in [0.2, 0.25) is 0 Å². The fourth-order valence-electron chi connectivity index (χ4n) is 2.68. The van der Waals surface area contributed by atoms with E-state index in [1.807, 2.05) is 51.1 Å². The normalized spacial score (nSPS) is 11.2. The lowest BCUT2D eigenvalue weighted by molar-refractivity contribution is 0.927. The molecule has 2 heterocycles. The second kappa shape index (κ2) is 9.74. The van der Waals surface area contributed by atoms with Crippen LogP contribution in [0.1, 0.15) is 22.6 Å². The molecule has 1 aromatic carbocycles. The lowest BCUT2D eigenvalue weighted by atomic mass is 10.2. The molecule has 4 N–H and O–H groups in total. The Morgan fingerprint density at radius 3 is 2.55 bits per heavy atom. The molecule has 0 amide bonds. The van der Waals surface area contributed by atoms with Crippen LogP contribution in [0.3, 0.4) is 0 Å². The summed E-state index contributed by atoms with van der Waals surface area (Å²) in [7, 11) is 0. The molecule has 8 nitrogen and oxygen atoms in total. The Kier molecular flexibility index (Phi) is 6.85. The predicted octanol–water partition coefficient (Wildman–Crippen LogP) is 3.12. The first-order chi connectivity index (χ1) is 14.0. The summed E-state index contributed by atoms with van der Waals surface area (Å²) in [6.45, 7) is 6.40. The predicted molar refractivity (Wildman–Crippen MR) is 120 cm³/mol. The van der Waals surface area contributed by atoms with E-state index in [4.69, 9.17) is 12.2 Å². The van der Waals surface area contributed by atoms with Crippen LogP contribution in [0.4, 0.5) is 11.6 Å². The molecule has 150 valence electrons. The fraction of sp³-hybridized carbons (Fsp3) is 0.250. The summed E-state index contributed by atoms with van der Waals surface area (Å²) in [6, 6.07) is 9.85. The summed E-state index contributed by atoms with van der Waals surface area (Å²) >= 11 is 5.47. The number of nitrogens with one attached hydrogen (secondary N) is 4. The highest BCUT2D eigenvalue weighted by Gasteiger charge is 2.08. The van der Waals surface area contributed by atoms with Crippen molar-refractivity contribution in [3.63, 3.8) is 0 Å². The number of rotatable bonds is 5. The monoisotopic (exact) mass is 408 g/mol. The second-order valence-electron chi connectivity index (χ2n) is 6.55. The van der Waals surface area contributed by atoms with Gasteiger partial charge in [0.15, 0.2) is 5.11 Å². The highest BCUT2D eigenvalue weighted by Crippen LogP contribution is 2.12. The van der Waals surface area contributed by atoms with Gasteiger partial charge in [-0.2, -0.15) is 0 Å². The van der Waals surface area contributed by atoms with Crippen molar-refractivity contribution in [2.45, 2.75) is 27.2 Å². The molecule has 0 aliphatic heterocycles. The van der Waals surface area contributed by atoms with Crippen LogP contribution in [0, 0.1) is 20.8 Å². The third kappa shape index (κ3) is 6.35. The summed E-state index contributed by atoms with van der Waals surface area (Å²) in [5.41, 5.74) is 4.79. The maximum atomic E-state index is 5.47. The van der Waals surface area contributed by atoms with Crippen molar-refractivity contribution in [1.82, 2.24) is 25.3 Å². The number of hydrogen-bond acceptors (Lipinski definition) is 5. The quantitative estimate of drug-likeness (QED) is 0.292. The first kappa shape index (κ1) is 20.4. The molecule has 0 unspecified atom stereocenters. The molecule has 2 aromatic heterocycles. The lowest BCUT2D eigenvalue weighted by Gasteiger charge is -2.15. The molecule has 0 fully saturated rings. The van der Waals surface area contributed by atoms with Gasteiger partial charge in [0, 0.05) is 41.9 Å². The largest absolute Gasteiger partial charge is 0.348 e. The van der Waals surface area contributed by atoms with Gasteiger partial charge in [-0.05, 0) is 50.7 Å². The fourth-order valence-corrected chi connectivity index (χ4v) is 2.89. The van der Waals surface area contributed by atoms with E-state index in [2.05, 4.69) is 40.9 Å². The number of imidazole rings is 1. The number of para-hydroxylation sites is 1. The molecule has 9 heteroatoms. The van der Waals surface area contributed by atoms with Gasteiger partial charge in [-0.1, -0.05) is 18.2 Å². The van der Waals surface area contributed by atoms with E-state index >= 15 is 0 Å². The number of thiocarbonyl (C=S) groups is 1. The number of aliphatic imine (C=N–C) groups is 1. The average molecular weight is 409 g/mol. The van der Waals surface area contributed by atoms with Crippen molar-refractivity contribution in [3.05, 3.63) is 65.5 Å². The number of H-pyrrole nitrogens is 1. The van der Waals surface area contributed by atoms with Crippen LogP contribution in [0.15, 0.2) is 47.8 Å². The Morgan fingerprint density at radius 1 is 1.10 bits per heavy atom. The Bertz CT molecular complexity index is 977. The van der Waals surface area contributed by atoms with Crippen molar-refractivity contribution in [2.75, 3.05) is 17.2 Å². The molecule has 3 aromatic rings. The maximum absolute atomic E-state index is 5.47. The minimum Gasteiger partial charge on any atom is -0.348 e. The summed E-state index contributed by atoms with van der Waals surface area (Å²) < 4.78 is 0. The van der Waals surface area contributed by atoms with Gasteiger partial charge < -0.3 is 15.6 Å². The molecule has 0 aliphatic carbocycles. The number of benzene rings is 1. The van der Waals surface area contributed by atoms with Crippen LogP contribution >= 0.6 is 12.2 Å². The Hall–Kier alpha value is -3.33. The minimum absolute atomic E-state index is 0.427. The zero-order chi connectivity index (χ0) is 20.6. The van der Waals surface area contributed by atoms with Gasteiger partial charge >= 0.3 is 0 Å². The molecule has 0 radical (unpaired) electrons. The summed E-state index contributed by atoms with van der Waals surface area (Å²) in [4.78, 5) is 20.5. The first-order valence-corrected chi connectivity index (χ1v) is 9.65. The van der Waals surface area contributed by atoms with Crippen molar-refractivity contribution < 1.29 is 0 Å². The van der Waals surface area contributed by atoms with Gasteiger partial charge in [-0.25, -0.2) is 15.0 Å². The molecule has 29 heavy (non-hydrogen) atoms. The third-order valence-corrected chi connectivity index (χ3v) is 4.25. The van der Waals surface area contributed by atoms with E-state index in [1.165, 1.54) is 0 Å². The van der Waals surface area contributed by atoms with Gasteiger partial charge in [0.1, 0.15) is 0 Å². The Morgan fingerprint density at radius 2 is 1.86 bits per heavy atom. The first-order valence-electron chi connectivity index (χ1n) is 9.24. The van der Waals surface area contributed by atoms with E-state index in [0.717, 1.165) is 34.8 Å². The number of hydrogen-bond donors (Lipinski definition) is 4. The van der Waals surface area contributed by atoms with Crippen molar-refractivity contribution in [2.24, 2.45) is 4.99 Å². The Balaban J connectivity index is 1.72. The molecule has 0 saturated carbocycles. The number of anilines is 2. The molecule has 0 bridgehead atoms. The molecule has 3 rings (SSSR count). The summed E-state index contributed by atoms with van der Waals surface area (Å²) in [5, 5.41) is 9.87. The average Bonchev–Trinajstić information content (AvgIpc) is 3.16.